The Morgan fingerprint density at radius 3 is 2.61 bits per heavy atom. The summed E-state index contributed by atoms with van der Waals surface area (Å²) in [6, 6.07) is 3.30. The van der Waals surface area contributed by atoms with E-state index in [1.165, 1.54) is 10.7 Å². The molecule has 1 aromatic carbocycles. The number of aromatic nitrogens is 4. The monoisotopic (exact) mass is 270 g/mol. The van der Waals surface area contributed by atoms with Crippen LogP contribution in [-0.4, -0.2) is 31.7 Å². The summed E-state index contributed by atoms with van der Waals surface area (Å²) in [5.41, 5.74) is -0.528. The first-order valence-electron chi connectivity index (χ1n) is 4.92. The lowest BCUT2D eigenvalue weighted by molar-refractivity contribution is 0.101. The van der Waals surface area contributed by atoms with Gasteiger partial charge in [-0.15, -0.1) is 5.10 Å². The van der Waals surface area contributed by atoms with Crippen LogP contribution in [0.5, 0.6) is 0 Å². The molecule has 0 amide bonds. The number of hydrogen-bond donors (Lipinski definition) is 0. The van der Waals surface area contributed by atoms with Crippen molar-refractivity contribution in [3.05, 3.63) is 35.4 Å². The number of Topliss-reactive ketones (excluding diaryl/α,β-unsaturated/α-hetero) is 1. The van der Waals surface area contributed by atoms with Crippen molar-refractivity contribution < 1.29 is 13.6 Å². The van der Waals surface area contributed by atoms with Crippen molar-refractivity contribution in [2.45, 2.75) is 5.16 Å². The molecular weight excluding hydrogens is 262 g/mol. The Morgan fingerprint density at radius 2 is 2.06 bits per heavy atom. The largest absolute Gasteiger partial charge is 0.293 e. The van der Waals surface area contributed by atoms with E-state index in [1.54, 1.807) is 7.05 Å². The molecule has 8 heteroatoms. The molecule has 0 unspecified atom stereocenters. The Morgan fingerprint density at radius 1 is 1.39 bits per heavy atom. The maximum Gasteiger partial charge on any atom is 0.209 e. The number of hydrogen-bond acceptors (Lipinski definition) is 5. The Labute approximate surface area is 105 Å². The van der Waals surface area contributed by atoms with E-state index in [4.69, 9.17) is 0 Å². The van der Waals surface area contributed by atoms with Crippen molar-refractivity contribution >= 4 is 17.5 Å². The Kier molecular flexibility index (Phi) is 3.66. The third kappa shape index (κ3) is 2.53. The number of carbonyl (C=O) groups excluding carboxylic acids is 1. The van der Waals surface area contributed by atoms with Gasteiger partial charge < -0.3 is 0 Å². The Hall–Kier alpha value is -1.83. The summed E-state index contributed by atoms with van der Waals surface area (Å²) in [4.78, 5) is 11.7. The van der Waals surface area contributed by atoms with Crippen LogP contribution in [0.1, 0.15) is 10.4 Å². The van der Waals surface area contributed by atoms with Gasteiger partial charge in [-0.25, -0.2) is 13.5 Å². The fraction of sp³-hybridized carbons (Fsp3) is 0.200. The van der Waals surface area contributed by atoms with Crippen LogP contribution in [0.25, 0.3) is 0 Å². The molecule has 0 atom stereocenters. The standard InChI is InChI=1S/C10H8F2N4OS/c1-16-10(13-14-15-16)18-5-8(17)9-6(11)3-2-4-7(9)12/h2-4H,5H2,1H3. The number of rotatable bonds is 4. The fourth-order valence-electron chi connectivity index (χ4n) is 1.31. The van der Waals surface area contributed by atoms with E-state index in [9.17, 15) is 13.6 Å². The Bertz CT molecular complexity index is 567. The predicted octanol–water partition coefficient (Wildman–Crippen LogP) is 1.46. The average Bonchev–Trinajstić information content (AvgIpc) is 2.72. The molecule has 2 aromatic rings. The van der Waals surface area contributed by atoms with Crippen molar-refractivity contribution in [2.24, 2.45) is 7.05 Å². The molecule has 0 spiro atoms. The van der Waals surface area contributed by atoms with E-state index in [2.05, 4.69) is 15.5 Å². The number of benzene rings is 1. The zero-order valence-electron chi connectivity index (χ0n) is 9.30. The zero-order chi connectivity index (χ0) is 13.1. The first-order valence-corrected chi connectivity index (χ1v) is 5.90. The maximum absolute atomic E-state index is 13.3. The minimum Gasteiger partial charge on any atom is -0.293 e. The van der Waals surface area contributed by atoms with Crippen LogP contribution in [0.15, 0.2) is 23.4 Å². The van der Waals surface area contributed by atoms with Gasteiger partial charge in [-0.05, 0) is 22.6 Å². The number of aryl methyl sites for hydroxylation is 1. The van der Waals surface area contributed by atoms with Crippen molar-refractivity contribution in [1.82, 2.24) is 20.2 Å². The van der Waals surface area contributed by atoms with Crippen LogP contribution in [0.3, 0.4) is 0 Å². The van der Waals surface area contributed by atoms with Gasteiger partial charge in [-0.3, -0.25) is 4.79 Å². The summed E-state index contributed by atoms with van der Waals surface area (Å²) >= 11 is 1.02. The minimum atomic E-state index is -0.864. The molecule has 0 fully saturated rings. The molecular formula is C10H8F2N4OS. The second-order valence-electron chi connectivity index (χ2n) is 3.39. The van der Waals surface area contributed by atoms with Gasteiger partial charge in [0.15, 0.2) is 5.78 Å². The number of tetrazole rings is 1. The topological polar surface area (TPSA) is 60.7 Å². The number of ketones is 1. The van der Waals surface area contributed by atoms with Crippen LogP contribution in [0.2, 0.25) is 0 Å². The van der Waals surface area contributed by atoms with E-state index >= 15 is 0 Å². The fourth-order valence-corrected chi connectivity index (χ4v) is 2.03. The first-order chi connectivity index (χ1) is 8.59. The molecule has 5 nitrogen and oxygen atoms in total. The molecule has 0 aliphatic carbocycles. The van der Waals surface area contributed by atoms with E-state index < -0.39 is 23.0 Å². The highest BCUT2D eigenvalue weighted by Crippen LogP contribution is 2.18. The van der Waals surface area contributed by atoms with E-state index in [0.717, 1.165) is 23.9 Å². The van der Waals surface area contributed by atoms with Crippen LogP contribution in [0, 0.1) is 11.6 Å². The lowest BCUT2D eigenvalue weighted by atomic mass is 10.1. The SMILES string of the molecule is Cn1nnnc1SCC(=O)c1c(F)cccc1F. The van der Waals surface area contributed by atoms with Crippen molar-refractivity contribution in [2.75, 3.05) is 5.75 Å². The summed E-state index contributed by atoms with van der Waals surface area (Å²) in [6.07, 6.45) is 0. The summed E-state index contributed by atoms with van der Waals surface area (Å²) < 4.78 is 28.0. The highest BCUT2D eigenvalue weighted by atomic mass is 32.2. The molecule has 0 bridgehead atoms. The van der Waals surface area contributed by atoms with Crippen molar-refractivity contribution in [3.8, 4) is 0 Å². The second kappa shape index (κ2) is 5.21. The summed E-state index contributed by atoms with van der Waals surface area (Å²) in [7, 11) is 1.61. The van der Waals surface area contributed by atoms with Gasteiger partial charge in [0.05, 0.1) is 11.3 Å². The molecule has 0 N–H and O–H groups in total. The number of halogens is 2. The molecule has 0 saturated carbocycles. The third-order valence-electron chi connectivity index (χ3n) is 2.16. The molecule has 1 aromatic heterocycles. The van der Waals surface area contributed by atoms with E-state index in [-0.39, 0.29) is 5.75 Å². The van der Waals surface area contributed by atoms with Crippen LogP contribution >= 0.6 is 11.8 Å². The predicted molar refractivity (Wildman–Crippen MR) is 60.2 cm³/mol. The lowest BCUT2D eigenvalue weighted by Gasteiger charge is -2.03. The van der Waals surface area contributed by atoms with Gasteiger partial charge in [0.1, 0.15) is 11.6 Å². The lowest BCUT2D eigenvalue weighted by Crippen LogP contribution is -2.09. The van der Waals surface area contributed by atoms with Gasteiger partial charge >= 0.3 is 0 Å². The van der Waals surface area contributed by atoms with Gasteiger partial charge in [0, 0.05) is 7.05 Å². The quantitative estimate of drug-likeness (QED) is 0.622. The van der Waals surface area contributed by atoms with Crippen molar-refractivity contribution in [1.29, 1.82) is 0 Å². The minimum absolute atomic E-state index is 0.133. The maximum atomic E-state index is 13.3. The molecule has 1 heterocycles. The summed E-state index contributed by atoms with van der Waals surface area (Å²) in [5.74, 6) is -2.50. The zero-order valence-corrected chi connectivity index (χ0v) is 10.1. The molecule has 18 heavy (non-hydrogen) atoms. The summed E-state index contributed by atoms with van der Waals surface area (Å²) in [6.45, 7) is 0. The highest BCUT2D eigenvalue weighted by Gasteiger charge is 2.18. The molecule has 0 saturated heterocycles. The molecule has 94 valence electrons. The molecule has 2 rings (SSSR count). The number of thioether (sulfide) groups is 1. The smallest absolute Gasteiger partial charge is 0.209 e. The average molecular weight is 270 g/mol. The number of carbonyl (C=O) groups is 1. The third-order valence-corrected chi connectivity index (χ3v) is 3.17. The number of nitrogens with zero attached hydrogens (tertiary/aromatic N) is 4. The van der Waals surface area contributed by atoms with Crippen LogP contribution < -0.4 is 0 Å². The first kappa shape index (κ1) is 12.6. The van der Waals surface area contributed by atoms with Crippen LogP contribution in [0.4, 0.5) is 8.78 Å². The van der Waals surface area contributed by atoms with Gasteiger partial charge in [-0.2, -0.15) is 0 Å². The van der Waals surface area contributed by atoms with Gasteiger partial charge in [0.2, 0.25) is 5.16 Å². The van der Waals surface area contributed by atoms with Crippen LogP contribution in [-0.2, 0) is 7.05 Å². The molecule has 0 aliphatic heterocycles. The van der Waals surface area contributed by atoms with E-state index in [1.807, 2.05) is 0 Å². The van der Waals surface area contributed by atoms with Gasteiger partial charge in [0.25, 0.3) is 0 Å². The second-order valence-corrected chi connectivity index (χ2v) is 4.34. The normalized spacial score (nSPS) is 10.6. The summed E-state index contributed by atoms with van der Waals surface area (Å²) in [5, 5.41) is 11.0. The molecule has 0 aliphatic rings. The highest BCUT2D eigenvalue weighted by molar-refractivity contribution is 7.99. The Balaban J connectivity index is 2.11. The van der Waals surface area contributed by atoms with Crippen molar-refractivity contribution in [3.63, 3.8) is 0 Å². The van der Waals surface area contributed by atoms with Gasteiger partial charge in [-0.1, -0.05) is 17.8 Å². The van der Waals surface area contributed by atoms with E-state index in [0.29, 0.717) is 5.16 Å². The molecule has 0 radical (unpaired) electrons.